The summed E-state index contributed by atoms with van der Waals surface area (Å²) < 4.78 is 0. The molecule has 0 aromatic rings. The number of nitrogens with zero attached hydrogens (tertiary/aromatic N) is 5. The van der Waals surface area contributed by atoms with Crippen molar-refractivity contribution < 1.29 is 132 Å². The number of hydrogen-bond donors (Lipinski definition) is 0. The second kappa shape index (κ2) is 142. The van der Waals surface area contributed by atoms with Crippen LogP contribution in [0.1, 0.15) is 0 Å². The van der Waals surface area contributed by atoms with E-state index >= 15 is 0 Å². The summed E-state index contributed by atoms with van der Waals surface area (Å²) in [5.74, 6) is 0. The van der Waals surface area contributed by atoms with Crippen molar-refractivity contribution in [3.63, 3.8) is 0 Å². The Kier molecular flexibility index (Phi) is 2260. The van der Waals surface area contributed by atoms with Crippen LogP contribution in [0.15, 0.2) is 0 Å². The van der Waals surface area contributed by atoms with Gasteiger partial charge in [0.15, 0.2) is 0 Å². The fraction of sp³-hybridized carbons (Fsp3) is 0. The van der Waals surface area contributed by atoms with Gasteiger partial charge < -0.3 is 30.8 Å². The maximum atomic E-state index is 0. The van der Waals surface area contributed by atoms with E-state index in [-0.39, 0.29) is 163 Å². The number of rotatable bonds is 0. The first-order chi connectivity index (χ1) is 0. The van der Waals surface area contributed by atoms with E-state index in [0.717, 1.165) is 0 Å². The molecule has 0 saturated carbocycles. The Bertz CT molecular complexity index is 16.9. The van der Waals surface area contributed by atoms with Gasteiger partial charge in [0.25, 0.3) is 0 Å². The minimum Gasteiger partial charge on any atom is -3.00 e. The van der Waals surface area contributed by atoms with Crippen molar-refractivity contribution in [1.82, 2.24) is 0 Å². The van der Waals surface area contributed by atoms with Crippen LogP contribution in [0.25, 0.3) is 30.8 Å². The summed E-state index contributed by atoms with van der Waals surface area (Å²) in [5, 5.41) is 0. The average Bonchev–Trinajstić information content (AvgIpc) is 0. The molecule has 11 heavy (non-hydrogen) atoms. The number of hydrogen-bond acceptors (Lipinski definition) is 0. The summed E-state index contributed by atoms with van der Waals surface area (Å²) in [6.45, 7) is 0. The first kappa shape index (κ1) is 175. The monoisotopic (exact) mass is 493 g/mol. The molecule has 0 radical (unpaired) electrons. The predicted octanol–water partition coefficient (Wildman–Crippen LogP) is 1.43. The Morgan fingerprint density at radius 1 is 0.273 bits per heavy atom. The van der Waals surface area contributed by atoms with Crippen molar-refractivity contribution in [1.29, 1.82) is 0 Å². The molecule has 0 aliphatic heterocycles. The van der Waals surface area contributed by atoms with Gasteiger partial charge >= 0.3 is 67.1 Å². The fourth-order valence-electron chi connectivity index (χ4n) is 0. The van der Waals surface area contributed by atoms with Crippen molar-refractivity contribution in [2.45, 2.75) is 0 Å². The topological polar surface area (TPSA) is 152 Å². The van der Waals surface area contributed by atoms with Crippen LogP contribution in [0.2, 0.25) is 0 Å². The zero-order valence-corrected chi connectivity index (χ0v) is 16.4. The van der Waals surface area contributed by atoms with E-state index in [0.29, 0.717) is 0 Å². The molecule has 0 aliphatic rings. The van der Waals surface area contributed by atoms with Gasteiger partial charge in [0.1, 0.15) is 0 Å². The van der Waals surface area contributed by atoms with Crippen molar-refractivity contribution in [2.75, 3.05) is 0 Å². The van der Waals surface area contributed by atoms with E-state index in [1.165, 1.54) is 0 Å². The minimum atomic E-state index is 0. The molecule has 0 atom stereocenters. The Morgan fingerprint density at radius 2 is 0.273 bits per heavy atom. The molecule has 52 valence electrons. The van der Waals surface area contributed by atoms with Gasteiger partial charge in [-0.15, -0.1) is 0 Å². The Morgan fingerprint density at radius 3 is 0.273 bits per heavy atom. The molecule has 0 amide bonds. The SMILES string of the molecule is [N-3].[N-3].[N-3].[N-3].[N-3].[Nb+5].[Nb+5].[Nb+5].[Ti].[Ti].[Ti]. The maximum absolute atomic E-state index is 0. The molecular formula is N5Nb3Ti3. The summed E-state index contributed by atoms with van der Waals surface area (Å²) in [4.78, 5) is 0. The molecule has 0 N–H and O–H groups in total. The molecule has 0 heterocycles. The van der Waals surface area contributed by atoms with Crippen molar-refractivity contribution in [3.05, 3.63) is 30.8 Å². The summed E-state index contributed by atoms with van der Waals surface area (Å²) in [5.41, 5.74) is 0. The molecule has 0 spiro atoms. The van der Waals surface area contributed by atoms with Gasteiger partial charge in [-0.3, -0.25) is 0 Å². The molecule has 0 aromatic carbocycles. The fourth-order valence-corrected chi connectivity index (χ4v) is 0. The predicted molar refractivity (Wildman–Crippen MR) is 16.8 cm³/mol. The molecule has 0 fully saturated rings. The van der Waals surface area contributed by atoms with E-state index in [1.54, 1.807) is 0 Å². The second-order valence-electron chi connectivity index (χ2n) is 0. The van der Waals surface area contributed by atoms with E-state index in [4.69, 9.17) is 0 Å². The third kappa shape index (κ3) is 121. The van der Waals surface area contributed by atoms with Crippen LogP contribution in [0.3, 0.4) is 0 Å². The van der Waals surface area contributed by atoms with Gasteiger partial charge in [-0.05, 0) is 0 Å². The molecule has 0 rings (SSSR count). The molecule has 0 bridgehead atoms. The zero-order valence-electron chi connectivity index (χ0n) is 5.08. The van der Waals surface area contributed by atoms with Gasteiger partial charge in [-0.2, -0.15) is 0 Å². The summed E-state index contributed by atoms with van der Waals surface area (Å²) in [6, 6.07) is 0. The van der Waals surface area contributed by atoms with E-state index in [1.807, 2.05) is 0 Å². The third-order valence-electron chi connectivity index (χ3n) is 0. The van der Waals surface area contributed by atoms with Crippen molar-refractivity contribution in [3.8, 4) is 0 Å². The third-order valence-corrected chi connectivity index (χ3v) is 0. The van der Waals surface area contributed by atoms with Gasteiger partial charge in [-0.25, -0.2) is 0 Å². The Hall–Kier alpha value is 4.16. The summed E-state index contributed by atoms with van der Waals surface area (Å²) >= 11 is 0. The molecule has 0 aliphatic carbocycles. The van der Waals surface area contributed by atoms with Crippen LogP contribution < -0.4 is 0 Å². The summed E-state index contributed by atoms with van der Waals surface area (Å²) in [6.07, 6.45) is 0. The molecule has 5 nitrogen and oxygen atoms in total. The van der Waals surface area contributed by atoms with Gasteiger partial charge in [-0.1, -0.05) is 0 Å². The maximum Gasteiger partial charge on any atom is 5.00 e. The van der Waals surface area contributed by atoms with Crippen LogP contribution in [0.5, 0.6) is 0 Å². The van der Waals surface area contributed by atoms with Crippen LogP contribution in [-0.2, 0) is 132 Å². The van der Waals surface area contributed by atoms with E-state index in [9.17, 15) is 0 Å². The van der Waals surface area contributed by atoms with Gasteiger partial charge in [0.2, 0.25) is 0 Å². The molecule has 0 aromatic heterocycles. The Labute approximate surface area is 160 Å². The standard InChI is InChI=1S/5N.3Nb.3Ti/q5*-3;3*+5;;;. The van der Waals surface area contributed by atoms with Crippen LogP contribution in [-0.4, -0.2) is 0 Å². The first-order valence-electron chi connectivity index (χ1n) is 0. The van der Waals surface area contributed by atoms with Gasteiger partial charge in [0.05, 0.1) is 0 Å². The largest absolute Gasteiger partial charge is 5.00 e. The zero-order chi connectivity index (χ0) is 0. The first-order valence-corrected chi connectivity index (χ1v) is 0. The Balaban J connectivity index is 0. The van der Waals surface area contributed by atoms with Crippen LogP contribution in [0, 0.1) is 0 Å². The van der Waals surface area contributed by atoms with Gasteiger partial charge in [0, 0.05) is 65.2 Å². The normalized spacial score (nSPS) is 0. The molecule has 0 saturated heterocycles. The quantitative estimate of drug-likeness (QED) is 0.450. The summed E-state index contributed by atoms with van der Waals surface area (Å²) in [7, 11) is 0. The van der Waals surface area contributed by atoms with Crippen LogP contribution in [0.4, 0.5) is 0 Å². The van der Waals surface area contributed by atoms with E-state index in [2.05, 4.69) is 0 Å². The van der Waals surface area contributed by atoms with Crippen LogP contribution >= 0.6 is 0 Å². The van der Waals surface area contributed by atoms with Crippen molar-refractivity contribution in [2.24, 2.45) is 0 Å². The molecule has 11 heteroatoms. The second-order valence-corrected chi connectivity index (χ2v) is 0. The minimum absolute atomic E-state index is 0. The molecular weight excluding hydrogens is 492 g/mol. The average molecular weight is 492 g/mol. The van der Waals surface area contributed by atoms with E-state index < -0.39 is 0 Å². The smallest absolute Gasteiger partial charge is 3.00 e. The van der Waals surface area contributed by atoms with Crippen molar-refractivity contribution >= 4 is 0 Å². The molecule has 0 unspecified atom stereocenters.